The summed E-state index contributed by atoms with van der Waals surface area (Å²) in [6, 6.07) is 10.3. The van der Waals surface area contributed by atoms with Gasteiger partial charge in [-0.1, -0.05) is 12.1 Å². The molecular weight excluding hydrogens is 345 g/mol. The summed E-state index contributed by atoms with van der Waals surface area (Å²) in [5.41, 5.74) is 2.43. The van der Waals surface area contributed by atoms with E-state index in [2.05, 4.69) is 10.1 Å². The number of hydrogen-bond donors (Lipinski definition) is 0. The predicted molar refractivity (Wildman–Crippen MR) is 101 cm³/mol. The number of likely N-dealkylation sites (tertiary alicyclic amines) is 1. The fraction of sp³-hybridized carbons (Fsp3) is 0.350. The first-order chi connectivity index (χ1) is 13.0. The van der Waals surface area contributed by atoms with E-state index < -0.39 is 0 Å². The summed E-state index contributed by atoms with van der Waals surface area (Å²) in [6.45, 7) is 1.40. The average Bonchev–Trinajstić information content (AvgIpc) is 3.11. The van der Waals surface area contributed by atoms with E-state index in [9.17, 15) is 9.18 Å². The predicted octanol–water partition coefficient (Wildman–Crippen LogP) is 3.40. The molecule has 0 bridgehead atoms. The number of nitrogens with zero attached hydrogens (tertiary/aromatic N) is 5. The molecule has 140 valence electrons. The van der Waals surface area contributed by atoms with E-state index in [0.29, 0.717) is 6.54 Å². The smallest absolute Gasteiger partial charge is 0.319 e. The van der Waals surface area contributed by atoms with Gasteiger partial charge in [-0.25, -0.2) is 18.7 Å². The van der Waals surface area contributed by atoms with Crippen molar-refractivity contribution in [3.8, 4) is 11.1 Å². The second-order valence-electron chi connectivity index (χ2n) is 7.16. The van der Waals surface area contributed by atoms with Crippen LogP contribution in [-0.4, -0.2) is 57.6 Å². The number of aromatic nitrogens is 3. The lowest BCUT2D eigenvalue weighted by Crippen LogP contribution is -2.44. The van der Waals surface area contributed by atoms with E-state index >= 15 is 0 Å². The Balaban J connectivity index is 1.61. The number of piperidine rings is 1. The largest absolute Gasteiger partial charge is 0.331 e. The maximum absolute atomic E-state index is 13.5. The van der Waals surface area contributed by atoms with Gasteiger partial charge >= 0.3 is 6.03 Å². The highest BCUT2D eigenvalue weighted by molar-refractivity contribution is 5.74. The van der Waals surface area contributed by atoms with E-state index in [-0.39, 0.29) is 17.8 Å². The molecule has 2 aromatic heterocycles. The van der Waals surface area contributed by atoms with Crippen molar-refractivity contribution in [2.45, 2.75) is 18.8 Å². The first-order valence-electron chi connectivity index (χ1n) is 9.10. The number of amides is 2. The molecule has 0 aliphatic carbocycles. The highest BCUT2D eigenvalue weighted by Gasteiger charge is 2.28. The zero-order valence-corrected chi connectivity index (χ0v) is 15.5. The highest BCUT2D eigenvalue weighted by atomic mass is 19.1. The Bertz CT molecular complexity index is 983. The molecule has 7 heteroatoms. The van der Waals surface area contributed by atoms with Crippen LogP contribution in [0.25, 0.3) is 16.8 Å². The summed E-state index contributed by atoms with van der Waals surface area (Å²) in [7, 11) is 3.53. The molecule has 4 rings (SSSR count). The summed E-state index contributed by atoms with van der Waals surface area (Å²) < 4.78 is 15.2. The number of halogens is 1. The minimum absolute atomic E-state index is 0.0249. The first kappa shape index (κ1) is 17.5. The number of fused-ring (bicyclic) bond motifs is 1. The van der Waals surface area contributed by atoms with Gasteiger partial charge in [-0.2, -0.15) is 5.10 Å². The van der Waals surface area contributed by atoms with E-state index in [1.807, 2.05) is 29.3 Å². The Morgan fingerprint density at radius 1 is 1.22 bits per heavy atom. The number of rotatable bonds is 2. The summed E-state index contributed by atoms with van der Waals surface area (Å²) in [5.74, 6) is 0.613. The minimum atomic E-state index is -0.264. The number of benzene rings is 1. The van der Waals surface area contributed by atoms with Crippen molar-refractivity contribution in [1.82, 2.24) is 24.4 Å². The van der Waals surface area contributed by atoms with Gasteiger partial charge in [0.1, 0.15) is 5.82 Å². The Labute approximate surface area is 157 Å². The Morgan fingerprint density at radius 3 is 2.85 bits per heavy atom. The van der Waals surface area contributed by atoms with Crippen LogP contribution in [0.15, 0.2) is 42.6 Å². The van der Waals surface area contributed by atoms with Crippen LogP contribution in [0.3, 0.4) is 0 Å². The molecule has 3 heterocycles. The third kappa shape index (κ3) is 3.49. The molecule has 27 heavy (non-hydrogen) atoms. The van der Waals surface area contributed by atoms with Crippen LogP contribution in [-0.2, 0) is 0 Å². The van der Waals surface area contributed by atoms with Gasteiger partial charge in [0, 0.05) is 44.9 Å². The molecule has 1 fully saturated rings. The SMILES string of the molecule is CN(C)C(=O)N1CCC[C@H](c2nc3ccc(-c4cccc(F)c4)cn3n2)C1. The third-order valence-corrected chi connectivity index (χ3v) is 4.94. The molecule has 1 aliphatic rings. The lowest BCUT2D eigenvalue weighted by molar-refractivity contribution is 0.153. The molecule has 1 saturated heterocycles. The van der Waals surface area contributed by atoms with Crippen molar-refractivity contribution in [2.75, 3.05) is 27.2 Å². The quantitative estimate of drug-likeness (QED) is 0.698. The molecule has 1 aliphatic heterocycles. The van der Waals surface area contributed by atoms with Gasteiger partial charge in [-0.15, -0.1) is 0 Å². The van der Waals surface area contributed by atoms with Crippen molar-refractivity contribution in [2.24, 2.45) is 0 Å². The second kappa shape index (κ2) is 6.98. The number of pyridine rings is 1. The summed E-state index contributed by atoms with van der Waals surface area (Å²) >= 11 is 0. The molecular formula is C20H22FN5O. The first-order valence-corrected chi connectivity index (χ1v) is 9.10. The minimum Gasteiger partial charge on any atom is -0.331 e. The maximum atomic E-state index is 13.5. The van der Waals surface area contributed by atoms with Gasteiger partial charge in [-0.05, 0) is 42.7 Å². The summed E-state index contributed by atoms with van der Waals surface area (Å²) in [5, 5.41) is 4.64. The topological polar surface area (TPSA) is 53.7 Å². The van der Waals surface area contributed by atoms with E-state index in [0.717, 1.165) is 42.0 Å². The van der Waals surface area contributed by atoms with Gasteiger partial charge in [0.25, 0.3) is 0 Å². The van der Waals surface area contributed by atoms with Crippen LogP contribution in [0.5, 0.6) is 0 Å². The lowest BCUT2D eigenvalue weighted by atomic mass is 9.98. The zero-order valence-electron chi connectivity index (χ0n) is 15.5. The van der Waals surface area contributed by atoms with Gasteiger partial charge in [0.15, 0.2) is 11.5 Å². The molecule has 1 aromatic carbocycles. The van der Waals surface area contributed by atoms with Gasteiger partial charge in [-0.3, -0.25) is 0 Å². The van der Waals surface area contributed by atoms with E-state index in [4.69, 9.17) is 0 Å². The van der Waals surface area contributed by atoms with Crippen LogP contribution in [0.2, 0.25) is 0 Å². The molecule has 0 N–H and O–H groups in total. The van der Waals surface area contributed by atoms with Crippen LogP contribution in [0.1, 0.15) is 24.6 Å². The highest BCUT2D eigenvalue weighted by Crippen LogP contribution is 2.26. The number of carbonyl (C=O) groups excluding carboxylic acids is 1. The fourth-order valence-corrected chi connectivity index (χ4v) is 3.56. The lowest BCUT2D eigenvalue weighted by Gasteiger charge is -2.33. The van der Waals surface area contributed by atoms with Crippen molar-refractivity contribution in [1.29, 1.82) is 0 Å². The van der Waals surface area contributed by atoms with Crippen molar-refractivity contribution in [3.05, 3.63) is 54.2 Å². The standard InChI is InChI=1S/C20H22FN5O/c1-24(2)20(27)25-10-4-6-16(12-25)19-22-18-9-8-15(13-26(18)23-19)14-5-3-7-17(21)11-14/h3,5,7-9,11,13,16H,4,6,10,12H2,1-2H3/t16-/m0/s1. The zero-order chi connectivity index (χ0) is 19.0. The molecule has 3 aromatic rings. The maximum Gasteiger partial charge on any atom is 0.319 e. The van der Waals surface area contributed by atoms with Crippen LogP contribution >= 0.6 is 0 Å². The van der Waals surface area contributed by atoms with Gasteiger partial charge in [0.05, 0.1) is 0 Å². The van der Waals surface area contributed by atoms with Gasteiger partial charge in [0.2, 0.25) is 0 Å². The Morgan fingerprint density at radius 2 is 2.07 bits per heavy atom. The van der Waals surface area contributed by atoms with Crippen LogP contribution in [0, 0.1) is 5.82 Å². The normalized spacial score (nSPS) is 17.3. The van der Waals surface area contributed by atoms with Crippen LogP contribution < -0.4 is 0 Å². The molecule has 0 unspecified atom stereocenters. The second-order valence-corrected chi connectivity index (χ2v) is 7.16. The third-order valence-electron chi connectivity index (χ3n) is 4.94. The van der Waals surface area contributed by atoms with Crippen molar-refractivity contribution < 1.29 is 9.18 Å². The molecule has 0 saturated carbocycles. The van der Waals surface area contributed by atoms with Crippen LogP contribution in [0.4, 0.5) is 9.18 Å². The molecule has 0 radical (unpaired) electrons. The molecule has 1 atom stereocenters. The molecule has 0 spiro atoms. The summed E-state index contributed by atoms with van der Waals surface area (Å²) in [4.78, 5) is 20.4. The average molecular weight is 367 g/mol. The fourth-order valence-electron chi connectivity index (χ4n) is 3.56. The van der Waals surface area contributed by atoms with Gasteiger partial charge < -0.3 is 9.80 Å². The number of hydrogen-bond acceptors (Lipinski definition) is 3. The summed E-state index contributed by atoms with van der Waals surface area (Å²) in [6.07, 6.45) is 3.77. The van der Waals surface area contributed by atoms with Crippen molar-refractivity contribution >= 4 is 11.7 Å². The Kier molecular flexibility index (Phi) is 4.51. The van der Waals surface area contributed by atoms with E-state index in [1.54, 1.807) is 29.6 Å². The monoisotopic (exact) mass is 367 g/mol. The number of carbonyl (C=O) groups is 1. The molecule has 2 amide bonds. The van der Waals surface area contributed by atoms with E-state index in [1.165, 1.54) is 12.1 Å². The number of urea groups is 1. The molecule has 6 nitrogen and oxygen atoms in total. The Hall–Kier alpha value is -2.96. The van der Waals surface area contributed by atoms with Crippen molar-refractivity contribution in [3.63, 3.8) is 0 Å².